The van der Waals surface area contributed by atoms with Crippen molar-refractivity contribution in [3.05, 3.63) is 58.1 Å². The number of aromatic nitrogens is 2. The third-order valence-electron chi connectivity index (χ3n) is 4.81. The quantitative estimate of drug-likeness (QED) is 0.427. The first-order valence-electron chi connectivity index (χ1n) is 9.20. The van der Waals surface area contributed by atoms with Gasteiger partial charge in [-0.15, -0.1) is 10.2 Å². The number of nitrogens with zero attached hydrogens (tertiary/aromatic N) is 2. The van der Waals surface area contributed by atoms with E-state index in [2.05, 4.69) is 21.0 Å². The molecule has 3 aromatic rings. The van der Waals surface area contributed by atoms with Gasteiger partial charge >= 0.3 is 0 Å². The van der Waals surface area contributed by atoms with E-state index in [0.717, 1.165) is 34.1 Å². The first kappa shape index (κ1) is 22.0. The highest BCUT2D eigenvalue weighted by molar-refractivity contribution is 7.99. The minimum atomic E-state index is -3.34. The number of nitrogens with one attached hydrogen (secondary N) is 1. The number of thioether (sulfide) groups is 1. The normalized spacial score (nSPS) is 11.5. The molecule has 1 N–H and O–H groups in total. The van der Waals surface area contributed by atoms with Crippen molar-refractivity contribution in [2.45, 2.75) is 32.9 Å². The molecule has 7 nitrogen and oxygen atoms in total. The van der Waals surface area contributed by atoms with Crippen molar-refractivity contribution < 1.29 is 17.6 Å². The van der Waals surface area contributed by atoms with Gasteiger partial charge in [-0.25, -0.2) is 8.42 Å². The molecule has 0 spiro atoms. The molecule has 0 fully saturated rings. The van der Waals surface area contributed by atoms with E-state index < -0.39 is 10.0 Å². The molecule has 0 aliphatic heterocycles. The Bertz CT molecular complexity index is 1170. The summed E-state index contributed by atoms with van der Waals surface area (Å²) in [6, 6.07) is 8.69. The summed E-state index contributed by atoms with van der Waals surface area (Å²) >= 11 is 1.20. The van der Waals surface area contributed by atoms with Gasteiger partial charge in [0, 0.05) is 16.8 Å². The number of Topliss-reactive ketones (excluding diaryl/α,β-unsaturated/α-hetero) is 1. The molecule has 0 aliphatic rings. The number of carbonyl (C=O) groups is 1. The van der Waals surface area contributed by atoms with Gasteiger partial charge in [0.25, 0.3) is 5.22 Å². The molecule has 0 saturated carbocycles. The maximum absolute atomic E-state index is 12.8. The molecule has 0 amide bonds. The fourth-order valence-electron chi connectivity index (χ4n) is 3.11. The molecule has 0 aliphatic carbocycles. The summed E-state index contributed by atoms with van der Waals surface area (Å²) in [6.07, 6.45) is 1.09. The Hall–Kier alpha value is -2.65. The molecule has 2 aromatic carbocycles. The largest absolute Gasteiger partial charge is 0.411 e. The lowest BCUT2D eigenvalue weighted by Gasteiger charge is -2.13. The van der Waals surface area contributed by atoms with Crippen LogP contribution >= 0.6 is 11.8 Å². The standard InChI is InChI=1S/C21H23N3O4S2/c1-12-10-13(2)15(4)19(14(12)3)18(25)11-29-21-23-22-20(28-21)16-6-8-17(9-7-16)24-30(5,26)27/h6-10,24H,11H2,1-5H3. The zero-order valence-corrected chi connectivity index (χ0v) is 19.1. The SMILES string of the molecule is Cc1cc(C)c(C)c(C(=O)CSc2nnc(-c3ccc(NS(C)(=O)=O)cc3)o2)c1C. The monoisotopic (exact) mass is 445 g/mol. The summed E-state index contributed by atoms with van der Waals surface area (Å²) in [5.41, 5.74) is 6.05. The van der Waals surface area contributed by atoms with Crippen LogP contribution in [-0.4, -0.2) is 36.4 Å². The van der Waals surface area contributed by atoms with Crippen molar-refractivity contribution in [3.8, 4) is 11.5 Å². The predicted octanol–water partition coefficient (Wildman–Crippen LogP) is 4.32. The summed E-state index contributed by atoms with van der Waals surface area (Å²) in [5, 5.41) is 8.32. The molecule has 0 atom stereocenters. The average Bonchev–Trinajstić information content (AvgIpc) is 3.13. The maximum Gasteiger partial charge on any atom is 0.277 e. The molecule has 0 radical (unpaired) electrons. The fourth-order valence-corrected chi connectivity index (χ4v) is 4.31. The van der Waals surface area contributed by atoms with Crippen LogP contribution in [0, 0.1) is 27.7 Å². The molecular formula is C21H23N3O4S2. The Morgan fingerprint density at radius 3 is 2.20 bits per heavy atom. The number of aryl methyl sites for hydroxylation is 2. The number of benzene rings is 2. The minimum absolute atomic E-state index is 0.0257. The van der Waals surface area contributed by atoms with Crippen LogP contribution in [0.3, 0.4) is 0 Å². The molecule has 1 heterocycles. The molecule has 0 bridgehead atoms. The predicted molar refractivity (Wildman–Crippen MR) is 119 cm³/mol. The molecule has 9 heteroatoms. The summed E-state index contributed by atoms with van der Waals surface area (Å²) in [4.78, 5) is 12.8. The van der Waals surface area contributed by atoms with Gasteiger partial charge in [0.1, 0.15) is 0 Å². The van der Waals surface area contributed by atoms with Gasteiger partial charge in [-0.05, 0) is 74.2 Å². The Morgan fingerprint density at radius 1 is 1.03 bits per heavy atom. The first-order valence-corrected chi connectivity index (χ1v) is 12.1. The summed E-state index contributed by atoms with van der Waals surface area (Å²) in [6.45, 7) is 7.94. The van der Waals surface area contributed by atoms with E-state index in [0.29, 0.717) is 22.4 Å². The summed E-state index contributed by atoms with van der Waals surface area (Å²) < 4.78 is 30.6. The lowest BCUT2D eigenvalue weighted by Crippen LogP contribution is -2.10. The number of ketones is 1. The molecule has 3 rings (SSSR count). The van der Waals surface area contributed by atoms with E-state index >= 15 is 0 Å². The van der Waals surface area contributed by atoms with Gasteiger partial charge in [0.05, 0.1) is 12.0 Å². The van der Waals surface area contributed by atoms with Gasteiger partial charge in [-0.3, -0.25) is 9.52 Å². The zero-order chi connectivity index (χ0) is 22.1. The fraction of sp³-hybridized carbons (Fsp3) is 0.286. The third-order valence-corrected chi connectivity index (χ3v) is 6.24. The van der Waals surface area contributed by atoms with Crippen molar-refractivity contribution in [1.29, 1.82) is 0 Å². The molecular weight excluding hydrogens is 422 g/mol. The highest BCUT2D eigenvalue weighted by atomic mass is 32.2. The zero-order valence-electron chi connectivity index (χ0n) is 17.4. The third kappa shape index (κ3) is 5.09. The topological polar surface area (TPSA) is 102 Å². The van der Waals surface area contributed by atoms with Crippen LogP contribution < -0.4 is 4.72 Å². The van der Waals surface area contributed by atoms with Crippen LogP contribution in [0.1, 0.15) is 32.6 Å². The van der Waals surface area contributed by atoms with Crippen LogP contribution in [0.25, 0.3) is 11.5 Å². The minimum Gasteiger partial charge on any atom is -0.411 e. The van der Waals surface area contributed by atoms with Crippen molar-refractivity contribution >= 4 is 33.3 Å². The van der Waals surface area contributed by atoms with E-state index in [1.165, 1.54) is 11.8 Å². The van der Waals surface area contributed by atoms with Gasteiger partial charge < -0.3 is 4.42 Å². The summed E-state index contributed by atoms with van der Waals surface area (Å²) in [7, 11) is -3.34. The second-order valence-corrected chi connectivity index (χ2v) is 9.85. The van der Waals surface area contributed by atoms with Crippen molar-refractivity contribution in [2.24, 2.45) is 0 Å². The second kappa shape index (κ2) is 8.61. The molecule has 30 heavy (non-hydrogen) atoms. The number of anilines is 1. The second-order valence-electron chi connectivity index (χ2n) is 7.17. The van der Waals surface area contributed by atoms with E-state index in [9.17, 15) is 13.2 Å². The summed E-state index contributed by atoms with van der Waals surface area (Å²) in [5.74, 6) is 0.524. The van der Waals surface area contributed by atoms with Crippen LogP contribution in [0.15, 0.2) is 40.0 Å². The van der Waals surface area contributed by atoms with Crippen molar-refractivity contribution in [2.75, 3.05) is 16.7 Å². The Morgan fingerprint density at radius 2 is 1.63 bits per heavy atom. The molecule has 158 valence electrons. The number of rotatable bonds is 7. The number of sulfonamides is 1. The van der Waals surface area contributed by atoms with E-state index in [4.69, 9.17) is 4.42 Å². The number of hydrogen-bond acceptors (Lipinski definition) is 7. The number of carbonyl (C=O) groups excluding carboxylic acids is 1. The van der Waals surface area contributed by atoms with Gasteiger partial charge in [-0.1, -0.05) is 17.8 Å². The average molecular weight is 446 g/mol. The molecule has 1 aromatic heterocycles. The van der Waals surface area contributed by atoms with Gasteiger partial charge in [-0.2, -0.15) is 0 Å². The smallest absolute Gasteiger partial charge is 0.277 e. The lowest BCUT2D eigenvalue weighted by molar-refractivity contribution is 0.102. The highest BCUT2D eigenvalue weighted by Crippen LogP contribution is 2.27. The van der Waals surface area contributed by atoms with Gasteiger partial charge in [0.15, 0.2) is 5.78 Å². The van der Waals surface area contributed by atoms with Gasteiger partial charge in [0.2, 0.25) is 15.9 Å². The maximum atomic E-state index is 12.8. The lowest BCUT2D eigenvalue weighted by atomic mass is 9.92. The van der Waals surface area contributed by atoms with Crippen LogP contribution in [0.4, 0.5) is 5.69 Å². The van der Waals surface area contributed by atoms with Crippen LogP contribution in [0.5, 0.6) is 0 Å². The van der Waals surface area contributed by atoms with Crippen molar-refractivity contribution in [1.82, 2.24) is 10.2 Å². The van der Waals surface area contributed by atoms with E-state index in [1.807, 2.05) is 27.7 Å². The van der Waals surface area contributed by atoms with Crippen LogP contribution in [0.2, 0.25) is 0 Å². The Balaban J connectivity index is 1.70. The Kier molecular flexibility index (Phi) is 6.33. The van der Waals surface area contributed by atoms with E-state index in [1.54, 1.807) is 24.3 Å². The van der Waals surface area contributed by atoms with Crippen LogP contribution in [-0.2, 0) is 10.0 Å². The first-order chi connectivity index (χ1) is 14.0. The highest BCUT2D eigenvalue weighted by Gasteiger charge is 2.18. The molecule has 0 unspecified atom stereocenters. The van der Waals surface area contributed by atoms with E-state index in [-0.39, 0.29) is 11.5 Å². The number of hydrogen-bond donors (Lipinski definition) is 1. The molecule has 0 saturated heterocycles. The Labute approximate surface area is 180 Å². The van der Waals surface area contributed by atoms with Crippen molar-refractivity contribution in [3.63, 3.8) is 0 Å².